The number of hydrogen-bond acceptors (Lipinski definition) is 6. The lowest BCUT2D eigenvalue weighted by atomic mass is 10.1. The minimum atomic E-state index is -0.982. The third-order valence-electron chi connectivity index (χ3n) is 5.87. The van der Waals surface area contributed by atoms with Gasteiger partial charge in [0.2, 0.25) is 5.62 Å². The van der Waals surface area contributed by atoms with Crippen LogP contribution in [0.1, 0.15) is 35.6 Å². The van der Waals surface area contributed by atoms with Crippen LogP contribution in [0.3, 0.4) is 0 Å². The van der Waals surface area contributed by atoms with Gasteiger partial charge in [-0.2, -0.15) is 0 Å². The molecule has 1 N–H and O–H groups in total. The van der Waals surface area contributed by atoms with Crippen LogP contribution in [-0.2, 0) is 44.6 Å². The fraction of sp³-hybridized carbons (Fsp3) is 0.294. The minimum absolute atomic E-state index is 0.166. The molecule has 4 aromatic rings. The van der Waals surface area contributed by atoms with Crippen molar-refractivity contribution < 1.29 is 23.5 Å². The van der Waals surface area contributed by atoms with Crippen molar-refractivity contribution in [3.63, 3.8) is 0 Å². The molecule has 4 rings (SSSR count). The Hall–Kier alpha value is -2.97. The average Bonchev–Trinajstić information content (AvgIpc) is 3.01. The van der Waals surface area contributed by atoms with Crippen LogP contribution in [-0.4, -0.2) is 30.0 Å². The Morgan fingerprint density at radius 1 is 0.600 bits per heavy atom. The van der Waals surface area contributed by atoms with Gasteiger partial charge in [0.1, 0.15) is 0 Å². The number of ether oxygens (including phenoxy) is 3. The summed E-state index contributed by atoms with van der Waals surface area (Å²) >= 11 is 0.924. The van der Waals surface area contributed by atoms with Crippen LogP contribution in [0.25, 0.3) is 0 Å². The maximum atomic E-state index is 9.60. The topological polar surface area (TPSA) is 57.2 Å². The summed E-state index contributed by atoms with van der Waals surface area (Å²) in [5, 5.41) is 9.60. The summed E-state index contributed by atoms with van der Waals surface area (Å²) < 4.78 is 22.1. The first-order valence-corrected chi connectivity index (χ1v) is 14.5. The summed E-state index contributed by atoms with van der Waals surface area (Å²) in [5.74, 6) is 0. The number of rotatable bonds is 16. The molecule has 6 heteroatoms. The standard InChI is InChI=1S/C19H24O2.C15H16O3S/c1-2-21-19(14-13-17-9-5-3-6-10-17)16-20-15-18-11-7-4-8-12-18;16-15(17-11-13-7-3-1-4-8-13)19-18-12-14-9-5-2-6-10-14/h3-12,19H,2,13-16H2,1H3;1-10,15-16H,11-12H2. The van der Waals surface area contributed by atoms with Crippen LogP contribution >= 0.6 is 12.0 Å². The van der Waals surface area contributed by atoms with Gasteiger partial charge in [0.25, 0.3) is 0 Å². The molecule has 4 aromatic carbocycles. The van der Waals surface area contributed by atoms with Crippen molar-refractivity contribution in [1.82, 2.24) is 0 Å². The second-order valence-corrected chi connectivity index (χ2v) is 9.88. The molecule has 0 radical (unpaired) electrons. The van der Waals surface area contributed by atoms with Crippen LogP contribution < -0.4 is 0 Å². The molecular weight excluding hydrogens is 520 g/mol. The van der Waals surface area contributed by atoms with Gasteiger partial charge in [0.05, 0.1) is 44.6 Å². The van der Waals surface area contributed by atoms with Crippen molar-refractivity contribution >= 4 is 12.0 Å². The van der Waals surface area contributed by atoms with E-state index in [2.05, 4.69) is 36.4 Å². The Labute approximate surface area is 243 Å². The summed E-state index contributed by atoms with van der Waals surface area (Å²) in [6, 6.07) is 40.3. The molecule has 2 unspecified atom stereocenters. The first kappa shape index (κ1) is 31.6. The molecule has 0 aromatic heterocycles. The lowest BCUT2D eigenvalue weighted by Gasteiger charge is -2.17. The van der Waals surface area contributed by atoms with Gasteiger partial charge in [-0.15, -0.1) is 0 Å². The summed E-state index contributed by atoms with van der Waals surface area (Å²) in [5.41, 5.74) is 3.65. The molecule has 0 saturated heterocycles. The predicted molar refractivity (Wildman–Crippen MR) is 162 cm³/mol. The van der Waals surface area contributed by atoms with Crippen LogP contribution in [0, 0.1) is 0 Å². The summed E-state index contributed by atoms with van der Waals surface area (Å²) in [7, 11) is 0. The van der Waals surface area contributed by atoms with E-state index in [1.807, 2.05) is 91.9 Å². The molecule has 0 spiro atoms. The van der Waals surface area contributed by atoms with Gasteiger partial charge in [-0.1, -0.05) is 121 Å². The molecule has 0 aliphatic heterocycles. The molecule has 5 nitrogen and oxygen atoms in total. The van der Waals surface area contributed by atoms with E-state index in [0.29, 0.717) is 26.4 Å². The van der Waals surface area contributed by atoms with Gasteiger partial charge in [0, 0.05) is 6.61 Å². The molecule has 0 heterocycles. The number of hydrogen-bond donors (Lipinski definition) is 1. The Kier molecular flexibility index (Phi) is 15.8. The zero-order valence-electron chi connectivity index (χ0n) is 23.1. The summed E-state index contributed by atoms with van der Waals surface area (Å²) in [6.45, 7) is 4.87. The highest BCUT2D eigenvalue weighted by Gasteiger charge is 2.09. The number of aliphatic hydroxyl groups excluding tert-OH is 1. The molecule has 0 bridgehead atoms. The van der Waals surface area contributed by atoms with Crippen molar-refractivity contribution in [2.45, 2.75) is 51.3 Å². The highest BCUT2D eigenvalue weighted by Crippen LogP contribution is 2.16. The predicted octanol–water partition coefficient (Wildman–Crippen LogP) is 7.59. The van der Waals surface area contributed by atoms with Gasteiger partial charge in [-0.3, -0.25) is 0 Å². The van der Waals surface area contributed by atoms with Gasteiger partial charge in [0.15, 0.2) is 0 Å². The van der Waals surface area contributed by atoms with Crippen molar-refractivity contribution in [2.24, 2.45) is 0 Å². The molecule has 0 aliphatic rings. The first-order valence-electron chi connectivity index (χ1n) is 13.7. The van der Waals surface area contributed by atoms with Crippen molar-refractivity contribution in [3.05, 3.63) is 144 Å². The van der Waals surface area contributed by atoms with Crippen molar-refractivity contribution in [1.29, 1.82) is 0 Å². The molecule has 0 amide bonds. The lowest BCUT2D eigenvalue weighted by Crippen LogP contribution is -2.20. The van der Waals surface area contributed by atoms with Crippen molar-refractivity contribution in [3.8, 4) is 0 Å². The van der Waals surface area contributed by atoms with E-state index >= 15 is 0 Å². The van der Waals surface area contributed by atoms with Gasteiger partial charge in [-0.05, 0) is 42.0 Å². The molecule has 40 heavy (non-hydrogen) atoms. The average molecular weight is 561 g/mol. The zero-order chi connectivity index (χ0) is 28.1. The molecular formula is C34H40O5S. The maximum absolute atomic E-state index is 9.60. The quantitative estimate of drug-likeness (QED) is 0.113. The van der Waals surface area contributed by atoms with Gasteiger partial charge >= 0.3 is 0 Å². The van der Waals surface area contributed by atoms with Crippen LogP contribution in [0.4, 0.5) is 0 Å². The maximum Gasteiger partial charge on any atom is 0.230 e. The van der Waals surface area contributed by atoms with E-state index in [1.165, 1.54) is 11.1 Å². The van der Waals surface area contributed by atoms with E-state index in [1.54, 1.807) is 0 Å². The third-order valence-corrected chi connectivity index (χ3v) is 6.42. The van der Waals surface area contributed by atoms with E-state index in [4.69, 9.17) is 18.4 Å². The SMILES string of the molecule is CCOC(CCc1ccccc1)COCc1ccccc1.OC(OCc1ccccc1)SOCc1ccccc1. The largest absolute Gasteiger partial charge is 0.376 e. The Balaban J connectivity index is 0.000000222. The minimum Gasteiger partial charge on any atom is -0.376 e. The highest BCUT2D eigenvalue weighted by atomic mass is 32.2. The normalized spacial score (nSPS) is 12.2. The zero-order valence-corrected chi connectivity index (χ0v) is 24.0. The monoisotopic (exact) mass is 560 g/mol. The van der Waals surface area contributed by atoms with E-state index in [-0.39, 0.29) is 6.10 Å². The van der Waals surface area contributed by atoms with E-state index in [9.17, 15) is 5.11 Å². The second kappa shape index (κ2) is 20.0. The smallest absolute Gasteiger partial charge is 0.230 e. The van der Waals surface area contributed by atoms with Crippen LogP contribution in [0.5, 0.6) is 0 Å². The Morgan fingerprint density at radius 3 is 1.60 bits per heavy atom. The Morgan fingerprint density at radius 2 is 1.07 bits per heavy atom. The second-order valence-electron chi connectivity index (χ2n) is 9.05. The summed E-state index contributed by atoms with van der Waals surface area (Å²) in [4.78, 5) is 0. The summed E-state index contributed by atoms with van der Waals surface area (Å²) in [6.07, 6.45) is 2.19. The number of benzene rings is 4. The van der Waals surface area contributed by atoms with Gasteiger partial charge in [-0.25, -0.2) is 0 Å². The number of aryl methyl sites for hydroxylation is 1. The molecule has 0 saturated carbocycles. The number of aliphatic hydroxyl groups is 1. The van der Waals surface area contributed by atoms with E-state index < -0.39 is 5.62 Å². The van der Waals surface area contributed by atoms with Gasteiger partial charge < -0.3 is 23.5 Å². The first-order chi connectivity index (χ1) is 19.7. The molecule has 2 atom stereocenters. The van der Waals surface area contributed by atoms with Crippen LogP contribution in [0.15, 0.2) is 121 Å². The fourth-order valence-electron chi connectivity index (χ4n) is 3.81. The van der Waals surface area contributed by atoms with Crippen LogP contribution in [0.2, 0.25) is 0 Å². The fourth-order valence-corrected chi connectivity index (χ4v) is 4.25. The molecule has 0 aliphatic carbocycles. The molecule has 0 fully saturated rings. The molecule has 212 valence electrons. The van der Waals surface area contributed by atoms with Crippen molar-refractivity contribution in [2.75, 3.05) is 13.2 Å². The lowest BCUT2D eigenvalue weighted by molar-refractivity contribution is -0.0465. The Bertz CT molecular complexity index is 1130. The third kappa shape index (κ3) is 13.9. The van der Waals surface area contributed by atoms with E-state index in [0.717, 1.165) is 42.6 Å². The highest BCUT2D eigenvalue weighted by molar-refractivity contribution is 7.94.